The Hall–Kier alpha value is -4.21. The molecule has 0 spiro atoms. The summed E-state index contributed by atoms with van der Waals surface area (Å²) in [4.78, 5) is 26.4. The van der Waals surface area contributed by atoms with Crippen molar-refractivity contribution in [2.45, 2.75) is 57.7 Å². The van der Waals surface area contributed by atoms with Gasteiger partial charge in [-0.1, -0.05) is 0 Å². The van der Waals surface area contributed by atoms with Crippen molar-refractivity contribution < 1.29 is 36.0 Å². The largest absolute Gasteiger partial charge is 0.455 e. The summed E-state index contributed by atoms with van der Waals surface area (Å²) in [6, 6.07) is 10.9. The molecule has 3 saturated carbocycles. The Bertz CT molecular complexity index is 1750. The van der Waals surface area contributed by atoms with Crippen molar-refractivity contribution in [3.05, 3.63) is 82.4 Å². The summed E-state index contributed by atoms with van der Waals surface area (Å²) < 4.78 is 75.2. The first-order valence-corrected chi connectivity index (χ1v) is 14.7. The van der Waals surface area contributed by atoms with Gasteiger partial charge in [0, 0.05) is 30.5 Å². The number of aryl methyl sites for hydroxylation is 2. The van der Waals surface area contributed by atoms with E-state index in [1.807, 2.05) is 0 Å². The number of furan rings is 1. The third-order valence-electron chi connectivity index (χ3n) is 9.04. The van der Waals surface area contributed by atoms with Gasteiger partial charge >= 0.3 is 6.18 Å². The molecule has 7 rings (SSSR count). The van der Waals surface area contributed by atoms with E-state index in [9.17, 15) is 27.2 Å². The van der Waals surface area contributed by atoms with E-state index in [2.05, 4.69) is 10.6 Å². The zero-order valence-electron chi connectivity index (χ0n) is 24.2. The normalized spacial score (nSPS) is 19.5. The molecule has 44 heavy (non-hydrogen) atoms. The standard InChI is InChI=1S/C34H31F5N2O3/c1-17-11-27(36)25(32(42)41-28-8-3-18-12-21(28)13-18)15-23(17)24-16-26-29(14-20(24)9-10-34(37,38)39)44-31(30(26)33(43)40-2)19-4-6-22(35)7-5-19/h4-7,11,14-16,18,21,28H,3,8-10,12-13H2,1-2H3,(H,40,43)(H,41,42). The fourth-order valence-electron chi connectivity index (χ4n) is 6.65. The van der Waals surface area contributed by atoms with Gasteiger partial charge in [0.2, 0.25) is 0 Å². The second-order valence-corrected chi connectivity index (χ2v) is 11.9. The predicted molar refractivity (Wildman–Crippen MR) is 156 cm³/mol. The van der Waals surface area contributed by atoms with Crippen LogP contribution < -0.4 is 10.6 Å². The van der Waals surface area contributed by atoms with E-state index in [-0.39, 0.29) is 34.1 Å². The van der Waals surface area contributed by atoms with Gasteiger partial charge in [0.15, 0.2) is 0 Å². The Kier molecular flexibility index (Phi) is 7.71. The molecule has 10 heteroatoms. The second-order valence-electron chi connectivity index (χ2n) is 11.9. The highest BCUT2D eigenvalue weighted by molar-refractivity contribution is 6.12. The van der Waals surface area contributed by atoms with Gasteiger partial charge in [-0.2, -0.15) is 13.2 Å². The molecule has 1 unspecified atom stereocenters. The molecule has 4 aromatic rings. The van der Waals surface area contributed by atoms with Gasteiger partial charge in [0.05, 0.1) is 11.1 Å². The number of amides is 2. The van der Waals surface area contributed by atoms with Gasteiger partial charge in [0.1, 0.15) is 23.0 Å². The molecular weight excluding hydrogens is 579 g/mol. The molecule has 0 radical (unpaired) electrons. The first-order valence-electron chi connectivity index (χ1n) is 14.7. The zero-order chi connectivity index (χ0) is 31.3. The first kappa shape index (κ1) is 29.8. The Morgan fingerprint density at radius 3 is 2.32 bits per heavy atom. The summed E-state index contributed by atoms with van der Waals surface area (Å²) in [6.45, 7) is 1.62. The van der Waals surface area contributed by atoms with Crippen LogP contribution in [0, 0.1) is 30.4 Å². The number of hydrogen-bond acceptors (Lipinski definition) is 3. The van der Waals surface area contributed by atoms with Crippen LogP contribution in [0.15, 0.2) is 52.9 Å². The minimum absolute atomic E-state index is 0.0405. The van der Waals surface area contributed by atoms with Crippen LogP contribution in [0.25, 0.3) is 33.4 Å². The van der Waals surface area contributed by atoms with Crippen LogP contribution in [-0.2, 0) is 6.42 Å². The maximum atomic E-state index is 15.2. The summed E-state index contributed by atoms with van der Waals surface area (Å²) in [7, 11) is 1.43. The number of hydrogen-bond donors (Lipinski definition) is 2. The van der Waals surface area contributed by atoms with Crippen molar-refractivity contribution in [3.8, 4) is 22.5 Å². The predicted octanol–water partition coefficient (Wildman–Crippen LogP) is 8.13. The number of benzene rings is 3. The number of halogens is 5. The van der Waals surface area contributed by atoms with Gasteiger partial charge in [0.25, 0.3) is 11.8 Å². The zero-order valence-corrected chi connectivity index (χ0v) is 24.2. The van der Waals surface area contributed by atoms with E-state index < -0.39 is 42.5 Å². The fraction of sp³-hybridized carbons (Fsp3) is 0.353. The summed E-state index contributed by atoms with van der Waals surface area (Å²) in [5.74, 6) is -1.09. The lowest BCUT2D eigenvalue weighted by molar-refractivity contribution is -0.133. The van der Waals surface area contributed by atoms with Crippen molar-refractivity contribution >= 4 is 22.8 Å². The lowest BCUT2D eigenvalue weighted by Crippen LogP contribution is -2.49. The summed E-state index contributed by atoms with van der Waals surface area (Å²) in [5, 5.41) is 5.86. The monoisotopic (exact) mass is 610 g/mol. The Morgan fingerprint density at radius 2 is 1.68 bits per heavy atom. The topological polar surface area (TPSA) is 71.3 Å². The van der Waals surface area contributed by atoms with E-state index in [1.54, 1.807) is 13.0 Å². The minimum Gasteiger partial charge on any atom is -0.455 e. The third kappa shape index (κ3) is 5.69. The van der Waals surface area contributed by atoms with Crippen LogP contribution in [0.4, 0.5) is 22.0 Å². The van der Waals surface area contributed by atoms with Crippen molar-refractivity contribution in [2.24, 2.45) is 11.8 Å². The van der Waals surface area contributed by atoms with Crippen molar-refractivity contribution in [1.82, 2.24) is 10.6 Å². The summed E-state index contributed by atoms with van der Waals surface area (Å²) in [5.41, 5.74) is 1.85. The van der Waals surface area contributed by atoms with E-state index >= 15 is 4.39 Å². The summed E-state index contributed by atoms with van der Waals surface area (Å²) >= 11 is 0. The van der Waals surface area contributed by atoms with E-state index in [4.69, 9.17) is 4.42 Å². The third-order valence-corrected chi connectivity index (χ3v) is 9.04. The molecule has 230 valence electrons. The molecule has 2 bridgehead atoms. The minimum atomic E-state index is -4.45. The van der Waals surface area contributed by atoms with E-state index in [0.717, 1.165) is 25.7 Å². The molecule has 0 saturated heterocycles. The molecule has 0 aliphatic heterocycles. The highest BCUT2D eigenvalue weighted by Crippen LogP contribution is 2.46. The first-order chi connectivity index (χ1) is 20.9. The van der Waals surface area contributed by atoms with E-state index in [1.165, 1.54) is 49.5 Å². The molecular formula is C34H31F5N2O3. The number of carbonyl (C=O) groups excluding carboxylic acids is 2. The number of fused-ring (bicyclic) bond motifs is 3. The van der Waals surface area contributed by atoms with Crippen LogP contribution in [0.3, 0.4) is 0 Å². The molecule has 1 aromatic heterocycles. The maximum Gasteiger partial charge on any atom is 0.389 e. The lowest BCUT2D eigenvalue weighted by Gasteiger charge is -2.46. The van der Waals surface area contributed by atoms with Gasteiger partial charge in [-0.05, 0) is 122 Å². The fourth-order valence-corrected chi connectivity index (χ4v) is 6.65. The SMILES string of the molecule is CNC(=O)c1c(-c2ccc(F)cc2)oc2cc(CCC(F)(F)F)c(-c3cc(C(=O)NC4CCC5CC4C5)c(F)cc3C)cc12. The Labute approximate surface area is 250 Å². The molecule has 1 heterocycles. The molecule has 2 N–H and O–H groups in total. The number of nitrogens with one attached hydrogen (secondary N) is 2. The van der Waals surface area contributed by atoms with Crippen LogP contribution in [-0.4, -0.2) is 31.1 Å². The van der Waals surface area contributed by atoms with E-state index in [0.29, 0.717) is 39.5 Å². The Morgan fingerprint density at radius 1 is 0.955 bits per heavy atom. The van der Waals surface area contributed by atoms with Gasteiger partial charge in [-0.15, -0.1) is 0 Å². The van der Waals surface area contributed by atoms with Crippen LogP contribution in [0.5, 0.6) is 0 Å². The molecule has 3 aliphatic carbocycles. The smallest absolute Gasteiger partial charge is 0.389 e. The highest BCUT2D eigenvalue weighted by Gasteiger charge is 2.40. The number of carbonyl (C=O) groups is 2. The quantitative estimate of drug-likeness (QED) is 0.208. The van der Waals surface area contributed by atoms with Crippen LogP contribution in [0.2, 0.25) is 0 Å². The lowest BCUT2D eigenvalue weighted by atomic mass is 9.63. The van der Waals surface area contributed by atoms with Crippen molar-refractivity contribution in [3.63, 3.8) is 0 Å². The van der Waals surface area contributed by atoms with Crippen LogP contribution in [0.1, 0.15) is 63.9 Å². The average Bonchev–Trinajstić information content (AvgIpc) is 3.33. The average molecular weight is 611 g/mol. The van der Waals surface area contributed by atoms with Gasteiger partial charge in [-0.25, -0.2) is 8.78 Å². The van der Waals surface area contributed by atoms with Crippen molar-refractivity contribution in [1.29, 1.82) is 0 Å². The molecule has 2 amide bonds. The summed E-state index contributed by atoms with van der Waals surface area (Å²) in [6.07, 6.45) is -2.05. The van der Waals surface area contributed by atoms with Gasteiger partial charge in [-0.3, -0.25) is 9.59 Å². The number of alkyl halides is 3. The molecule has 1 atom stereocenters. The second kappa shape index (κ2) is 11.4. The van der Waals surface area contributed by atoms with Gasteiger partial charge < -0.3 is 15.1 Å². The van der Waals surface area contributed by atoms with Crippen molar-refractivity contribution in [2.75, 3.05) is 7.05 Å². The Balaban J connectivity index is 1.49. The maximum absolute atomic E-state index is 15.2. The number of rotatable bonds is 7. The molecule has 3 aliphatic rings. The molecule has 3 aromatic carbocycles. The van der Waals surface area contributed by atoms with Crippen LogP contribution >= 0.6 is 0 Å². The molecule has 5 nitrogen and oxygen atoms in total. The molecule has 3 fully saturated rings. The highest BCUT2D eigenvalue weighted by atomic mass is 19.4.